The van der Waals surface area contributed by atoms with Gasteiger partial charge in [-0.3, -0.25) is 9.69 Å². The Bertz CT molecular complexity index is 1870. The number of hydrogen-bond acceptors (Lipinski definition) is 5. The molecule has 8 nitrogen and oxygen atoms in total. The number of rotatable bonds is 7. The summed E-state index contributed by atoms with van der Waals surface area (Å²) in [6.07, 6.45) is 6.97. The summed E-state index contributed by atoms with van der Waals surface area (Å²) in [5, 5.41) is 5.31. The van der Waals surface area contributed by atoms with Crippen molar-refractivity contribution in [3.8, 4) is 0 Å². The molecule has 7 rings (SSSR count). The van der Waals surface area contributed by atoms with Crippen LogP contribution in [0.5, 0.6) is 0 Å². The van der Waals surface area contributed by atoms with Gasteiger partial charge in [0.2, 0.25) is 10.0 Å². The number of nitrogens with two attached hydrogens (primary N) is 1. The van der Waals surface area contributed by atoms with Gasteiger partial charge in [-0.15, -0.1) is 0 Å². The predicted molar refractivity (Wildman–Crippen MR) is 177 cm³/mol. The number of primary sulfonamides is 1. The third-order valence-corrected chi connectivity index (χ3v) is 12.2. The van der Waals surface area contributed by atoms with Crippen molar-refractivity contribution in [1.82, 2.24) is 19.4 Å². The number of piperidine rings is 2. The van der Waals surface area contributed by atoms with Crippen molar-refractivity contribution in [1.29, 1.82) is 0 Å². The Hall–Kier alpha value is -3.31. The number of benzene rings is 3. The molecule has 242 valence electrons. The molecular weight excluding hydrogens is 625 g/mol. The largest absolute Gasteiger partial charge is 0.339 e. The van der Waals surface area contributed by atoms with Gasteiger partial charge in [-0.05, 0) is 112 Å². The quantitative estimate of drug-likeness (QED) is 0.253. The van der Waals surface area contributed by atoms with Crippen molar-refractivity contribution in [3.05, 3.63) is 94.5 Å². The topological polar surface area (TPSA) is 102 Å². The number of carbonyl (C=O) groups excluding carboxylic acids is 1. The van der Waals surface area contributed by atoms with Crippen LogP contribution >= 0.6 is 11.6 Å². The second-order valence-corrected chi connectivity index (χ2v) is 15.2. The first-order valence-electron chi connectivity index (χ1n) is 16.1. The second kappa shape index (κ2) is 12.0. The van der Waals surface area contributed by atoms with Crippen molar-refractivity contribution in [2.24, 2.45) is 5.14 Å². The van der Waals surface area contributed by atoms with E-state index in [1.54, 1.807) is 4.90 Å². The summed E-state index contributed by atoms with van der Waals surface area (Å²) in [5.41, 5.74) is 3.41. The Balaban J connectivity index is 1.08. The molecule has 0 aliphatic carbocycles. The van der Waals surface area contributed by atoms with Crippen LogP contribution in [0.15, 0.2) is 71.6 Å². The van der Waals surface area contributed by atoms with Gasteiger partial charge in [-0.2, -0.15) is 0 Å². The first-order valence-corrected chi connectivity index (χ1v) is 18.0. The van der Waals surface area contributed by atoms with Crippen molar-refractivity contribution in [2.75, 3.05) is 19.6 Å². The number of amides is 1. The van der Waals surface area contributed by atoms with Crippen molar-refractivity contribution in [3.63, 3.8) is 0 Å². The fourth-order valence-corrected chi connectivity index (χ4v) is 9.52. The van der Waals surface area contributed by atoms with Crippen molar-refractivity contribution in [2.45, 2.75) is 80.3 Å². The maximum Gasteiger partial charge on any atom is 0.253 e. The number of carbonyl (C=O) groups is 1. The Morgan fingerprint density at radius 1 is 1.00 bits per heavy atom. The first kappa shape index (κ1) is 31.3. The molecule has 0 radical (unpaired) electrons. The third-order valence-electron chi connectivity index (χ3n) is 10.8. The minimum absolute atomic E-state index is 0.0143. The van der Waals surface area contributed by atoms with Gasteiger partial charge < -0.3 is 9.47 Å². The van der Waals surface area contributed by atoms with Gasteiger partial charge in [0.05, 0.1) is 16.1 Å². The zero-order chi connectivity index (χ0) is 32.2. The number of aromatic nitrogens is 2. The van der Waals surface area contributed by atoms with E-state index >= 15 is 0 Å². The molecular formula is C35H39ClFN5O3S. The summed E-state index contributed by atoms with van der Waals surface area (Å²) in [6.45, 7) is 4.08. The SMILES string of the molecule is Cc1nc2ccccc2n1C1CC2CCC(C1)N2CCC1(c2ccc(F)cc2)CCN(C(=O)c2ccc(Cl)c(S(N)(=O)=O)c2)CC1. The van der Waals surface area contributed by atoms with Gasteiger partial charge in [0, 0.05) is 36.8 Å². The average molecular weight is 664 g/mol. The summed E-state index contributed by atoms with van der Waals surface area (Å²) in [6, 6.07) is 20.9. The van der Waals surface area contributed by atoms with E-state index in [9.17, 15) is 17.6 Å². The molecule has 46 heavy (non-hydrogen) atoms. The first-order chi connectivity index (χ1) is 22.0. The lowest BCUT2D eigenvalue weighted by molar-refractivity contribution is 0.0606. The van der Waals surface area contributed by atoms with Gasteiger partial charge in [0.1, 0.15) is 16.5 Å². The number of halogens is 2. The summed E-state index contributed by atoms with van der Waals surface area (Å²) in [7, 11) is -4.07. The molecule has 2 atom stereocenters. The number of fused-ring (bicyclic) bond motifs is 3. The van der Waals surface area contributed by atoms with Crippen molar-refractivity contribution < 1.29 is 17.6 Å². The van der Waals surface area contributed by atoms with Crippen molar-refractivity contribution >= 4 is 38.6 Å². The predicted octanol–water partition coefficient (Wildman–Crippen LogP) is 6.22. The number of sulfonamides is 1. The Morgan fingerprint density at radius 3 is 2.35 bits per heavy atom. The van der Waals surface area contributed by atoms with E-state index in [0.717, 1.165) is 55.6 Å². The van der Waals surface area contributed by atoms with E-state index in [1.807, 2.05) is 18.2 Å². The Morgan fingerprint density at radius 2 is 1.67 bits per heavy atom. The van der Waals surface area contributed by atoms with Gasteiger partial charge in [0.15, 0.2) is 0 Å². The van der Waals surface area contributed by atoms with Crippen LogP contribution in [0.2, 0.25) is 5.02 Å². The van der Waals surface area contributed by atoms with Gasteiger partial charge in [-0.25, -0.2) is 22.9 Å². The lowest BCUT2D eigenvalue weighted by atomic mass is 9.70. The average Bonchev–Trinajstić information content (AvgIpc) is 3.50. The highest BCUT2D eigenvalue weighted by Crippen LogP contribution is 2.45. The monoisotopic (exact) mass is 663 g/mol. The Kier molecular flexibility index (Phi) is 8.20. The van der Waals surface area contributed by atoms with Crippen LogP contribution in [0.4, 0.5) is 4.39 Å². The number of imidazole rings is 1. The molecule has 11 heteroatoms. The zero-order valence-corrected chi connectivity index (χ0v) is 27.5. The number of nitrogens with zero attached hydrogens (tertiary/aromatic N) is 4. The number of aryl methyl sites for hydroxylation is 1. The van der Waals surface area contributed by atoms with Gasteiger partial charge in [-0.1, -0.05) is 35.9 Å². The molecule has 3 fully saturated rings. The highest BCUT2D eigenvalue weighted by Gasteiger charge is 2.44. The molecule has 0 spiro atoms. The maximum atomic E-state index is 14.0. The molecule has 0 saturated carbocycles. The third kappa shape index (κ3) is 5.74. The molecule has 4 aromatic rings. The minimum Gasteiger partial charge on any atom is -0.339 e. The minimum atomic E-state index is -4.07. The highest BCUT2D eigenvalue weighted by atomic mass is 35.5. The van der Waals surface area contributed by atoms with E-state index in [-0.39, 0.29) is 32.6 Å². The molecule has 4 heterocycles. The Labute approximate surface area is 274 Å². The number of likely N-dealkylation sites (tertiary alicyclic amines) is 1. The summed E-state index contributed by atoms with van der Waals surface area (Å²) in [5.74, 6) is 0.564. The normalized spacial score (nSPS) is 23.2. The van der Waals surface area contributed by atoms with E-state index in [2.05, 4.69) is 34.6 Å². The highest BCUT2D eigenvalue weighted by molar-refractivity contribution is 7.89. The second-order valence-electron chi connectivity index (χ2n) is 13.3. The molecule has 3 aliphatic heterocycles. The van der Waals surface area contributed by atoms with Gasteiger partial charge >= 0.3 is 0 Å². The van der Waals surface area contributed by atoms with Crippen LogP contribution in [0, 0.1) is 12.7 Å². The van der Waals surface area contributed by atoms with E-state index in [0.29, 0.717) is 31.2 Å². The molecule has 1 amide bonds. The summed E-state index contributed by atoms with van der Waals surface area (Å²) >= 11 is 6.06. The van der Waals surface area contributed by atoms with Crippen LogP contribution in [0.3, 0.4) is 0 Å². The van der Waals surface area contributed by atoms with Crippen LogP contribution in [-0.2, 0) is 15.4 Å². The van der Waals surface area contributed by atoms with Crippen LogP contribution in [0.25, 0.3) is 11.0 Å². The molecule has 3 aromatic carbocycles. The smallest absolute Gasteiger partial charge is 0.253 e. The zero-order valence-electron chi connectivity index (χ0n) is 25.9. The van der Waals surface area contributed by atoms with E-state index < -0.39 is 10.0 Å². The number of hydrogen-bond donors (Lipinski definition) is 1. The lowest BCUT2D eigenvalue weighted by Crippen LogP contribution is -2.49. The number of para-hydroxylation sites is 2. The molecule has 1 aromatic heterocycles. The van der Waals surface area contributed by atoms with Crippen LogP contribution in [0.1, 0.15) is 72.7 Å². The fraction of sp³-hybridized carbons (Fsp3) is 0.429. The van der Waals surface area contributed by atoms with Crippen LogP contribution < -0.4 is 5.14 Å². The molecule has 2 N–H and O–H groups in total. The lowest BCUT2D eigenvalue weighted by Gasteiger charge is -2.45. The fourth-order valence-electron chi connectivity index (χ4n) is 8.45. The summed E-state index contributed by atoms with van der Waals surface area (Å²) in [4.78, 5) is 22.6. The maximum absolute atomic E-state index is 14.0. The van der Waals surface area contributed by atoms with Crippen LogP contribution in [-0.4, -0.2) is 65.4 Å². The molecule has 3 saturated heterocycles. The van der Waals surface area contributed by atoms with E-state index in [4.69, 9.17) is 21.7 Å². The molecule has 3 aliphatic rings. The van der Waals surface area contributed by atoms with Gasteiger partial charge in [0.25, 0.3) is 5.91 Å². The molecule has 2 bridgehead atoms. The molecule has 2 unspecified atom stereocenters. The van der Waals surface area contributed by atoms with E-state index in [1.165, 1.54) is 48.7 Å². The standard InChI is InChI=1S/C35H39ClFN5O3S/c1-23-39-31-4-2-3-5-32(31)42(23)29-21-27-11-12-28(22-29)41(27)19-16-35(25-7-9-26(37)10-8-25)14-17-40(18-15-35)34(43)24-6-13-30(36)33(20-24)46(38,44)45/h2-10,13,20,27-29H,11-12,14-19,21-22H2,1H3,(H2,38,44,45). The summed E-state index contributed by atoms with van der Waals surface area (Å²) < 4.78 is 40.5.